The third-order valence-electron chi connectivity index (χ3n) is 4.32. The Morgan fingerprint density at radius 1 is 1.41 bits per heavy atom. The number of hydrogen-bond acceptors (Lipinski definition) is 6. The van der Waals surface area contributed by atoms with E-state index in [0.717, 1.165) is 6.07 Å². The van der Waals surface area contributed by atoms with Crippen molar-refractivity contribution in [1.29, 1.82) is 0 Å². The van der Waals surface area contributed by atoms with Crippen LogP contribution in [0.25, 0.3) is 0 Å². The van der Waals surface area contributed by atoms with Gasteiger partial charge in [-0.25, -0.2) is 18.8 Å². The highest BCUT2D eigenvalue weighted by atomic mass is 35.5. The zero-order chi connectivity index (χ0) is 19.2. The second kappa shape index (κ2) is 6.65. The number of aromatic nitrogens is 1. The monoisotopic (exact) mass is 410 g/mol. The highest BCUT2D eigenvalue weighted by Crippen LogP contribution is 2.57. The number of anilines is 1. The zero-order valence-electron chi connectivity index (χ0n) is 13.7. The minimum Gasteiger partial charge on any atom is -0.450 e. The van der Waals surface area contributed by atoms with E-state index in [4.69, 9.17) is 22.1 Å². The minimum absolute atomic E-state index is 0.0121. The van der Waals surface area contributed by atoms with Crippen LogP contribution >= 0.6 is 23.4 Å². The number of rotatable bonds is 4. The number of nitrogens with two attached hydrogens (primary N) is 1. The molecule has 6 nitrogen and oxygen atoms in total. The summed E-state index contributed by atoms with van der Waals surface area (Å²) in [5, 5.41) is 2.63. The Hall–Kier alpha value is -2.39. The number of ether oxygens (including phenoxy) is 1. The van der Waals surface area contributed by atoms with Gasteiger partial charge in [0, 0.05) is 17.4 Å². The molecule has 3 atom stereocenters. The Morgan fingerprint density at radius 2 is 2.22 bits per heavy atom. The predicted octanol–water partition coefficient (Wildman–Crippen LogP) is 3.08. The van der Waals surface area contributed by atoms with Crippen molar-refractivity contribution >= 4 is 41.0 Å². The van der Waals surface area contributed by atoms with E-state index in [-0.39, 0.29) is 33.7 Å². The Balaban J connectivity index is 1.66. The maximum atomic E-state index is 14.5. The molecule has 0 bridgehead atoms. The molecule has 10 heteroatoms. The largest absolute Gasteiger partial charge is 0.450 e. The number of halogens is 3. The number of pyridine rings is 1. The molecule has 3 heterocycles. The van der Waals surface area contributed by atoms with Gasteiger partial charge in [0.25, 0.3) is 11.9 Å². The number of nitrogens with one attached hydrogen (secondary N) is 1. The van der Waals surface area contributed by atoms with Crippen molar-refractivity contribution in [3.63, 3.8) is 0 Å². The van der Waals surface area contributed by atoms with E-state index in [2.05, 4.69) is 15.3 Å². The highest BCUT2D eigenvalue weighted by molar-refractivity contribution is 8.07. The Kier molecular flexibility index (Phi) is 4.43. The van der Waals surface area contributed by atoms with Crippen LogP contribution < -0.4 is 11.1 Å². The number of hydrogen-bond donors (Lipinski definition) is 2. The summed E-state index contributed by atoms with van der Waals surface area (Å²) in [6.07, 6.45) is 1.34. The lowest BCUT2D eigenvalue weighted by Gasteiger charge is -2.30. The Bertz CT molecular complexity index is 943. The maximum Gasteiger partial charge on any atom is 0.284 e. The van der Waals surface area contributed by atoms with Crippen molar-refractivity contribution in [2.45, 2.75) is 16.2 Å². The minimum atomic E-state index is -1.49. The van der Waals surface area contributed by atoms with E-state index in [1.807, 2.05) is 0 Å². The van der Waals surface area contributed by atoms with Gasteiger partial charge in [-0.2, -0.15) is 0 Å². The number of fused-ring (bicyclic) bond motifs is 1. The molecule has 0 aliphatic carbocycles. The van der Waals surface area contributed by atoms with Crippen LogP contribution in [-0.4, -0.2) is 34.3 Å². The standard InChI is InChI=1S/C17H13ClF2N4O2S/c18-8-1-4-12(22-6-8)14(25)23-9-2-3-11(20)10(5-9)17(7-19)13-15(27-13)26-16(21)24-17/h1-6,13,15H,7H2,(H2,21,24)(H,23,25)/t13-,15+,17+/m0/s1. The van der Waals surface area contributed by atoms with Crippen LogP contribution in [0.3, 0.4) is 0 Å². The predicted molar refractivity (Wildman–Crippen MR) is 99.1 cm³/mol. The van der Waals surface area contributed by atoms with Crippen molar-refractivity contribution in [3.8, 4) is 0 Å². The molecule has 3 N–H and O–H groups in total. The molecular weight excluding hydrogens is 398 g/mol. The quantitative estimate of drug-likeness (QED) is 0.756. The fourth-order valence-corrected chi connectivity index (χ4v) is 4.18. The van der Waals surface area contributed by atoms with Crippen molar-refractivity contribution in [3.05, 3.63) is 58.6 Å². The van der Waals surface area contributed by atoms with Gasteiger partial charge >= 0.3 is 0 Å². The van der Waals surface area contributed by atoms with Crippen LogP contribution in [0.5, 0.6) is 0 Å². The molecule has 2 aliphatic rings. The van der Waals surface area contributed by atoms with Gasteiger partial charge in [0.2, 0.25) is 0 Å². The first-order valence-electron chi connectivity index (χ1n) is 7.89. The van der Waals surface area contributed by atoms with E-state index in [0.29, 0.717) is 5.02 Å². The molecule has 4 rings (SSSR count). The van der Waals surface area contributed by atoms with Crippen molar-refractivity contribution in [1.82, 2.24) is 4.98 Å². The third kappa shape index (κ3) is 3.21. The van der Waals surface area contributed by atoms with Gasteiger partial charge in [-0.15, -0.1) is 11.8 Å². The molecule has 1 saturated heterocycles. The van der Waals surface area contributed by atoms with E-state index in [9.17, 15) is 13.6 Å². The zero-order valence-corrected chi connectivity index (χ0v) is 15.2. The number of thioether (sulfide) groups is 1. The number of carbonyl (C=O) groups is 1. The molecule has 140 valence electrons. The van der Waals surface area contributed by atoms with Crippen LogP contribution in [0.15, 0.2) is 41.5 Å². The number of aliphatic imine (C=N–C) groups is 1. The number of nitrogens with zero attached hydrogens (tertiary/aromatic N) is 2. The average Bonchev–Trinajstić information content (AvgIpc) is 3.43. The summed E-state index contributed by atoms with van der Waals surface area (Å²) in [5.74, 6) is -1.15. The Labute approximate surface area is 162 Å². The van der Waals surface area contributed by atoms with Gasteiger partial charge in [0.1, 0.15) is 23.7 Å². The average molecular weight is 411 g/mol. The first-order chi connectivity index (χ1) is 12.9. The van der Waals surface area contributed by atoms with Gasteiger partial charge < -0.3 is 15.8 Å². The normalized spacial score (nSPS) is 25.8. The topological polar surface area (TPSA) is 89.6 Å². The SMILES string of the molecule is NC1=N[C@](CF)(c2cc(NC(=O)c3ccc(Cl)cn3)ccc2F)[C@H]2S[C@H]2O1. The second-order valence-corrected chi connectivity index (χ2v) is 7.74. The summed E-state index contributed by atoms with van der Waals surface area (Å²) >= 11 is 7.08. The molecular formula is C17H13ClF2N4O2S. The summed E-state index contributed by atoms with van der Waals surface area (Å²) in [6, 6.07) is 6.70. The number of benzene rings is 1. The van der Waals surface area contributed by atoms with E-state index >= 15 is 0 Å². The van der Waals surface area contributed by atoms with Gasteiger partial charge in [0.05, 0.1) is 10.3 Å². The van der Waals surface area contributed by atoms with Gasteiger partial charge in [-0.05, 0) is 30.3 Å². The van der Waals surface area contributed by atoms with E-state index in [1.54, 1.807) is 0 Å². The summed E-state index contributed by atoms with van der Waals surface area (Å²) < 4.78 is 33.8. The van der Waals surface area contributed by atoms with Gasteiger partial charge in [-0.3, -0.25) is 4.79 Å². The van der Waals surface area contributed by atoms with E-state index in [1.165, 1.54) is 42.2 Å². The van der Waals surface area contributed by atoms with Crippen molar-refractivity contribution < 1.29 is 18.3 Å². The van der Waals surface area contributed by atoms with Crippen LogP contribution in [0.4, 0.5) is 14.5 Å². The first-order valence-corrected chi connectivity index (χ1v) is 9.21. The molecule has 27 heavy (non-hydrogen) atoms. The number of amidine groups is 1. The summed E-state index contributed by atoms with van der Waals surface area (Å²) in [4.78, 5) is 20.3. The van der Waals surface area contributed by atoms with Gasteiger partial charge in [0.15, 0.2) is 5.44 Å². The molecule has 1 aromatic heterocycles. The highest BCUT2D eigenvalue weighted by Gasteiger charge is 2.61. The van der Waals surface area contributed by atoms with Crippen LogP contribution in [0.2, 0.25) is 5.02 Å². The molecule has 1 aromatic carbocycles. The van der Waals surface area contributed by atoms with E-state index < -0.39 is 23.9 Å². The molecule has 2 aliphatic heterocycles. The molecule has 1 amide bonds. The summed E-state index contributed by atoms with van der Waals surface area (Å²) in [7, 11) is 0. The molecule has 0 unspecified atom stereocenters. The molecule has 0 radical (unpaired) electrons. The van der Waals surface area contributed by atoms with Crippen molar-refractivity contribution in [2.75, 3.05) is 12.0 Å². The lowest BCUT2D eigenvalue weighted by molar-refractivity contribution is 0.102. The lowest BCUT2D eigenvalue weighted by Crippen LogP contribution is -2.42. The smallest absolute Gasteiger partial charge is 0.284 e. The third-order valence-corrected chi connectivity index (χ3v) is 5.80. The van der Waals surface area contributed by atoms with Crippen LogP contribution in [0, 0.1) is 5.82 Å². The second-order valence-electron chi connectivity index (χ2n) is 6.06. The van der Waals surface area contributed by atoms with Crippen LogP contribution in [-0.2, 0) is 10.3 Å². The molecule has 0 spiro atoms. The Morgan fingerprint density at radius 3 is 2.93 bits per heavy atom. The maximum absolute atomic E-state index is 14.5. The summed E-state index contributed by atoms with van der Waals surface area (Å²) in [6.45, 7) is -0.946. The molecule has 0 saturated carbocycles. The fraction of sp³-hybridized carbons (Fsp3) is 0.235. The van der Waals surface area contributed by atoms with Crippen LogP contribution in [0.1, 0.15) is 16.1 Å². The van der Waals surface area contributed by atoms with Crippen molar-refractivity contribution in [2.24, 2.45) is 10.7 Å². The number of alkyl halides is 1. The molecule has 1 fully saturated rings. The van der Waals surface area contributed by atoms with Gasteiger partial charge in [-0.1, -0.05) is 11.6 Å². The summed E-state index contributed by atoms with van der Waals surface area (Å²) in [5.41, 5.74) is 4.23. The fourth-order valence-electron chi connectivity index (χ4n) is 2.96. The first kappa shape index (κ1) is 18.0. The lowest BCUT2D eigenvalue weighted by atomic mass is 9.87. The number of carbonyl (C=O) groups excluding carboxylic acids is 1. The number of amides is 1. The molecule has 2 aromatic rings.